The van der Waals surface area contributed by atoms with Crippen molar-refractivity contribution in [3.05, 3.63) is 27.0 Å². The van der Waals surface area contributed by atoms with Gasteiger partial charge in [0.2, 0.25) is 0 Å². The van der Waals surface area contributed by atoms with Gasteiger partial charge >= 0.3 is 0 Å². The molecule has 0 fully saturated rings. The number of hydrazine groups is 1. The van der Waals surface area contributed by atoms with Crippen LogP contribution in [0, 0.1) is 6.92 Å². The minimum atomic E-state index is -0.0535. The Morgan fingerprint density at radius 1 is 1.53 bits per heavy atom. The first-order chi connectivity index (χ1) is 9.08. The van der Waals surface area contributed by atoms with Crippen molar-refractivity contribution >= 4 is 23.1 Å². The third-order valence-electron chi connectivity index (χ3n) is 3.10. The summed E-state index contributed by atoms with van der Waals surface area (Å²) in [5, 5.41) is 9.12. The van der Waals surface area contributed by atoms with Crippen LogP contribution in [0.1, 0.15) is 34.9 Å². The second kappa shape index (κ2) is 5.96. The van der Waals surface area contributed by atoms with E-state index in [1.807, 2.05) is 14.0 Å². The smallest absolute Gasteiger partial charge is 0.0847 e. The van der Waals surface area contributed by atoms with Crippen molar-refractivity contribution in [1.29, 1.82) is 0 Å². The summed E-state index contributed by atoms with van der Waals surface area (Å²) >= 11 is 7.64. The maximum Gasteiger partial charge on any atom is 0.0847 e. The summed E-state index contributed by atoms with van der Waals surface area (Å²) in [5.41, 5.74) is 5.58. The van der Waals surface area contributed by atoms with E-state index in [1.54, 1.807) is 4.68 Å². The summed E-state index contributed by atoms with van der Waals surface area (Å²) in [5.74, 6) is 5.67. The fraction of sp³-hybridized carbons (Fsp3) is 0.545. The molecule has 0 aliphatic heterocycles. The van der Waals surface area contributed by atoms with Crippen molar-refractivity contribution in [2.75, 3.05) is 0 Å². The van der Waals surface area contributed by atoms with E-state index in [9.17, 15) is 0 Å². The van der Waals surface area contributed by atoms with Crippen molar-refractivity contribution in [3.8, 4) is 0 Å². The molecule has 8 heteroatoms. The Bertz CT molecular complexity index is 564. The van der Waals surface area contributed by atoms with Gasteiger partial charge in [-0.2, -0.15) is 5.10 Å². The van der Waals surface area contributed by atoms with Crippen LogP contribution in [0.2, 0.25) is 5.02 Å². The second-order valence-electron chi connectivity index (χ2n) is 4.33. The molecule has 3 N–H and O–H groups in total. The zero-order chi connectivity index (χ0) is 14.0. The first-order valence-corrected chi connectivity index (χ1v) is 7.18. The highest BCUT2D eigenvalue weighted by Gasteiger charge is 2.21. The zero-order valence-electron chi connectivity index (χ0n) is 11.1. The number of aryl methyl sites for hydroxylation is 3. The van der Waals surface area contributed by atoms with E-state index >= 15 is 0 Å². The highest BCUT2D eigenvalue weighted by molar-refractivity contribution is 7.05. The average molecular weight is 301 g/mol. The van der Waals surface area contributed by atoms with Crippen LogP contribution in [-0.4, -0.2) is 19.4 Å². The number of nitrogens with one attached hydrogen (secondary N) is 1. The van der Waals surface area contributed by atoms with Gasteiger partial charge in [-0.3, -0.25) is 16.0 Å². The molecule has 0 radical (unpaired) electrons. The van der Waals surface area contributed by atoms with Gasteiger partial charge in [0.15, 0.2) is 0 Å². The van der Waals surface area contributed by atoms with Gasteiger partial charge in [-0.1, -0.05) is 23.0 Å². The Balaban J connectivity index is 2.29. The fourth-order valence-electron chi connectivity index (χ4n) is 2.05. The van der Waals surface area contributed by atoms with E-state index < -0.39 is 0 Å². The molecule has 0 aliphatic rings. The normalized spacial score (nSPS) is 12.9. The predicted octanol–water partition coefficient (Wildman–Crippen LogP) is 1.54. The predicted molar refractivity (Wildman–Crippen MR) is 76.0 cm³/mol. The van der Waals surface area contributed by atoms with Gasteiger partial charge in [-0.25, -0.2) is 0 Å². The molecule has 2 aromatic heterocycles. The van der Waals surface area contributed by atoms with Crippen LogP contribution >= 0.6 is 23.1 Å². The fourth-order valence-corrected chi connectivity index (χ4v) is 3.08. The molecule has 0 aliphatic carbocycles. The topological polar surface area (TPSA) is 81.7 Å². The lowest BCUT2D eigenvalue weighted by Crippen LogP contribution is -2.30. The molecule has 1 atom stereocenters. The van der Waals surface area contributed by atoms with Gasteiger partial charge in [0.1, 0.15) is 0 Å². The van der Waals surface area contributed by atoms with Gasteiger partial charge < -0.3 is 0 Å². The van der Waals surface area contributed by atoms with Crippen molar-refractivity contribution in [2.24, 2.45) is 12.9 Å². The molecule has 0 amide bonds. The molecule has 2 rings (SSSR count). The number of nitrogens with two attached hydrogens (primary N) is 1. The van der Waals surface area contributed by atoms with Crippen LogP contribution < -0.4 is 11.3 Å². The minimum Gasteiger partial charge on any atom is -0.271 e. The van der Waals surface area contributed by atoms with Crippen molar-refractivity contribution in [3.63, 3.8) is 0 Å². The van der Waals surface area contributed by atoms with Crippen LogP contribution in [0.25, 0.3) is 0 Å². The zero-order valence-corrected chi connectivity index (χ0v) is 12.7. The van der Waals surface area contributed by atoms with E-state index in [2.05, 4.69) is 27.0 Å². The summed E-state index contributed by atoms with van der Waals surface area (Å²) < 4.78 is 5.79. The highest BCUT2D eigenvalue weighted by atomic mass is 35.5. The molecule has 0 spiro atoms. The quantitative estimate of drug-likeness (QED) is 0.646. The van der Waals surface area contributed by atoms with Gasteiger partial charge in [0, 0.05) is 13.5 Å². The maximum atomic E-state index is 6.27. The SMILES string of the molecule is CCc1nnsc1C(Cc1c(Cl)c(C)nn1C)NN. The summed E-state index contributed by atoms with van der Waals surface area (Å²) in [4.78, 5) is 1.06. The third kappa shape index (κ3) is 2.79. The molecule has 2 heterocycles. The van der Waals surface area contributed by atoms with E-state index in [1.165, 1.54) is 11.5 Å². The van der Waals surface area contributed by atoms with Crippen LogP contribution in [0.3, 0.4) is 0 Å². The van der Waals surface area contributed by atoms with E-state index in [0.29, 0.717) is 11.4 Å². The van der Waals surface area contributed by atoms with Gasteiger partial charge in [0.25, 0.3) is 0 Å². The Kier molecular flexibility index (Phi) is 4.51. The highest BCUT2D eigenvalue weighted by Crippen LogP contribution is 2.28. The number of halogens is 1. The average Bonchev–Trinajstić information content (AvgIpc) is 2.95. The first kappa shape index (κ1) is 14.4. The molecule has 2 aromatic rings. The van der Waals surface area contributed by atoms with Gasteiger partial charge in [-0.05, 0) is 24.9 Å². The molecule has 0 saturated carbocycles. The van der Waals surface area contributed by atoms with Gasteiger partial charge in [-0.15, -0.1) is 5.10 Å². The lowest BCUT2D eigenvalue weighted by Gasteiger charge is -2.15. The first-order valence-electron chi connectivity index (χ1n) is 6.03. The molecule has 0 saturated heterocycles. The minimum absolute atomic E-state index is 0.0535. The largest absolute Gasteiger partial charge is 0.271 e. The second-order valence-corrected chi connectivity index (χ2v) is 5.49. The number of nitrogens with zero attached hydrogens (tertiary/aromatic N) is 4. The molecule has 0 aromatic carbocycles. The Hall–Kier alpha value is -1.02. The lowest BCUT2D eigenvalue weighted by molar-refractivity contribution is 0.533. The summed E-state index contributed by atoms with van der Waals surface area (Å²) in [6.45, 7) is 3.94. The van der Waals surface area contributed by atoms with Crippen molar-refractivity contribution in [2.45, 2.75) is 32.7 Å². The Labute approximate surface area is 121 Å². The van der Waals surface area contributed by atoms with E-state index in [0.717, 1.165) is 28.4 Å². The third-order valence-corrected chi connectivity index (χ3v) is 4.47. The number of rotatable bonds is 5. The van der Waals surface area contributed by atoms with Crippen molar-refractivity contribution in [1.82, 2.24) is 24.8 Å². The van der Waals surface area contributed by atoms with E-state index in [4.69, 9.17) is 17.4 Å². The number of hydrogen-bond acceptors (Lipinski definition) is 6. The lowest BCUT2D eigenvalue weighted by atomic mass is 10.1. The summed E-state index contributed by atoms with van der Waals surface area (Å²) in [6.07, 6.45) is 1.49. The standard InChI is InChI=1S/C11H17ClN6S/c1-4-7-11(19-17-15-7)8(14-13)5-9-10(12)6(2)16-18(9)3/h8,14H,4-5,13H2,1-3H3. The molecular weight excluding hydrogens is 284 g/mol. The monoisotopic (exact) mass is 300 g/mol. The van der Waals surface area contributed by atoms with Crippen LogP contribution in [0.4, 0.5) is 0 Å². The summed E-state index contributed by atoms with van der Waals surface area (Å²) in [7, 11) is 1.88. The number of aromatic nitrogens is 4. The van der Waals surface area contributed by atoms with E-state index in [-0.39, 0.29) is 6.04 Å². The number of hydrogen-bond donors (Lipinski definition) is 2. The molecule has 1 unspecified atom stereocenters. The molecule has 0 bridgehead atoms. The van der Waals surface area contributed by atoms with Gasteiger partial charge in [0.05, 0.1) is 33.0 Å². The molecular formula is C11H17ClN6S. The van der Waals surface area contributed by atoms with Crippen LogP contribution in [0.15, 0.2) is 0 Å². The maximum absolute atomic E-state index is 6.27. The Morgan fingerprint density at radius 2 is 2.26 bits per heavy atom. The van der Waals surface area contributed by atoms with Crippen LogP contribution in [0.5, 0.6) is 0 Å². The summed E-state index contributed by atoms with van der Waals surface area (Å²) in [6, 6.07) is -0.0535. The molecule has 19 heavy (non-hydrogen) atoms. The molecule has 6 nitrogen and oxygen atoms in total. The Morgan fingerprint density at radius 3 is 2.79 bits per heavy atom. The molecule has 104 valence electrons. The van der Waals surface area contributed by atoms with Crippen molar-refractivity contribution < 1.29 is 0 Å². The van der Waals surface area contributed by atoms with Crippen LogP contribution in [-0.2, 0) is 19.9 Å².